The zero-order chi connectivity index (χ0) is 13.1. The summed E-state index contributed by atoms with van der Waals surface area (Å²) in [6.07, 6.45) is 0. The molecule has 2 aromatic rings. The molecule has 0 atom stereocenters. The second-order valence-electron chi connectivity index (χ2n) is 3.78. The van der Waals surface area contributed by atoms with E-state index in [1.807, 2.05) is 31.2 Å². The van der Waals surface area contributed by atoms with Crippen LogP contribution in [0.1, 0.15) is 11.3 Å². The quantitative estimate of drug-likeness (QED) is 0.660. The van der Waals surface area contributed by atoms with Crippen LogP contribution in [0.15, 0.2) is 34.8 Å². The highest BCUT2D eigenvalue weighted by Crippen LogP contribution is 2.27. The van der Waals surface area contributed by atoms with E-state index in [2.05, 4.69) is 32.4 Å². The fourth-order valence-corrected chi connectivity index (χ4v) is 1.99. The lowest BCUT2D eigenvalue weighted by molar-refractivity contribution is 1.15. The molecule has 0 radical (unpaired) electrons. The summed E-state index contributed by atoms with van der Waals surface area (Å²) in [5, 5.41) is 9.06. The lowest BCUT2D eigenvalue weighted by atomic mass is 10.0. The Kier molecular flexibility index (Phi) is 3.60. The maximum atomic E-state index is 9.06. The number of anilines is 1. The van der Waals surface area contributed by atoms with Crippen molar-refractivity contribution in [2.24, 2.45) is 5.84 Å². The van der Waals surface area contributed by atoms with Gasteiger partial charge in [-0.3, -0.25) is 0 Å². The van der Waals surface area contributed by atoms with E-state index in [-0.39, 0.29) is 0 Å². The molecule has 0 unspecified atom stereocenters. The van der Waals surface area contributed by atoms with Gasteiger partial charge >= 0.3 is 0 Å². The van der Waals surface area contributed by atoms with E-state index in [9.17, 15) is 0 Å². The third kappa shape index (κ3) is 2.35. The number of halogens is 1. The lowest BCUT2D eigenvalue weighted by Crippen LogP contribution is -2.11. The SMILES string of the molecule is Cc1nc(NN)c(C#N)cc1-c1ccc(Br)cc1. The molecule has 0 saturated carbocycles. The van der Waals surface area contributed by atoms with Gasteiger partial charge in [0.05, 0.1) is 5.56 Å². The second-order valence-corrected chi connectivity index (χ2v) is 4.70. The molecule has 4 nitrogen and oxygen atoms in total. The number of nitrogens with one attached hydrogen (secondary N) is 1. The number of benzene rings is 1. The molecule has 18 heavy (non-hydrogen) atoms. The van der Waals surface area contributed by atoms with Crippen molar-refractivity contribution in [1.82, 2.24) is 4.98 Å². The fraction of sp³-hybridized carbons (Fsp3) is 0.0769. The Labute approximate surface area is 114 Å². The van der Waals surface area contributed by atoms with E-state index >= 15 is 0 Å². The molecule has 0 spiro atoms. The number of nitrogens with two attached hydrogens (primary N) is 1. The molecule has 3 N–H and O–H groups in total. The van der Waals surface area contributed by atoms with Crippen LogP contribution in [0.3, 0.4) is 0 Å². The van der Waals surface area contributed by atoms with Crippen molar-refractivity contribution < 1.29 is 0 Å². The Hall–Kier alpha value is -1.90. The van der Waals surface area contributed by atoms with Crippen molar-refractivity contribution in [3.63, 3.8) is 0 Å². The summed E-state index contributed by atoms with van der Waals surface area (Å²) in [6, 6.07) is 11.7. The van der Waals surface area contributed by atoms with Crippen LogP contribution >= 0.6 is 15.9 Å². The average molecular weight is 303 g/mol. The molecule has 90 valence electrons. The summed E-state index contributed by atoms with van der Waals surface area (Å²) >= 11 is 3.39. The summed E-state index contributed by atoms with van der Waals surface area (Å²) in [5.74, 6) is 5.73. The number of rotatable bonds is 2. The highest BCUT2D eigenvalue weighted by Gasteiger charge is 2.09. The molecular formula is C13H11BrN4. The molecule has 0 aliphatic rings. The van der Waals surface area contributed by atoms with Gasteiger partial charge in [0.1, 0.15) is 6.07 Å². The van der Waals surface area contributed by atoms with Crippen molar-refractivity contribution in [2.75, 3.05) is 5.43 Å². The molecule has 0 bridgehead atoms. The van der Waals surface area contributed by atoms with Gasteiger partial charge in [-0.1, -0.05) is 28.1 Å². The predicted octanol–water partition coefficient (Wildman–Crippen LogP) is 2.98. The molecule has 5 heteroatoms. The highest BCUT2D eigenvalue weighted by molar-refractivity contribution is 9.10. The van der Waals surface area contributed by atoms with Crippen LogP contribution in [-0.4, -0.2) is 4.98 Å². The van der Waals surface area contributed by atoms with Gasteiger partial charge in [0.15, 0.2) is 5.82 Å². The average Bonchev–Trinajstić information content (AvgIpc) is 2.39. The molecule has 0 aliphatic heterocycles. The first-order valence-electron chi connectivity index (χ1n) is 5.30. The van der Waals surface area contributed by atoms with Crippen molar-refractivity contribution >= 4 is 21.7 Å². The van der Waals surface area contributed by atoms with E-state index < -0.39 is 0 Å². The number of hydrazine groups is 1. The Morgan fingerprint density at radius 1 is 1.33 bits per heavy atom. The Balaban J connectivity index is 2.58. The maximum Gasteiger partial charge on any atom is 0.158 e. The zero-order valence-corrected chi connectivity index (χ0v) is 11.3. The first-order chi connectivity index (χ1) is 8.65. The van der Waals surface area contributed by atoms with E-state index in [0.717, 1.165) is 21.3 Å². The normalized spacial score (nSPS) is 9.89. The van der Waals surface area contributed by atoms with Crippen molar-refractivity contribution in [2.45, 2.75) is 6.92 Å². The van der Waals surface area contributed by atoms with Crippen LogP contribution < -0.4 is 11.3 Å². The van der Waals surface area contributed by atoms with Gasteiger partial charge in [0, 0.05) is 15.7 Å². The minimum atomic E-state index is 0.399. The minimum Gasteiger partial charge on any atom is -0.307 e. The zero-order valence-electron chi connectivity index (χ0n) is 9.74. The van der Waals surface area contributed by atoms with Gasteiger partial charge in [-0.15, -0.1) is 0 Å². The third-order valence-electron chi connectivity index (χ3n) is 2.63. The molecule has 0 aliphatic carbocycles. The van der Waals surface area contributed by atoms with E-state index in [1.54, 1.807) is 6.07 Å². The minimum absolute atomic E-state index is 0.399. The van der Waals surface area contributed by atoms with E-state index in [1.165, 1.54) is 0 Å². The number of pyridine rings is 1. The molecule has 0 amide bonds. The summed E-state index contributed by atoms with van der Waals surface area (Å²) in [4.78, 5) is 4.29. The maximum absolute atomic E-state index is 9.06. The standard InChI is InChI=1S/C13H11BrN4/c1-8-12(9-2-4-11(14)5-3-9)6-10(7-15)13(17-8)18-16/h2-6H,16H2,1H3,(H,17,18). The van der Waals surface area contributed by atoms with Crippen LogP contribution in [0.5, 0.6) is 0 Å². The number of nitrogens with zero attached hydrogens (tertiary/aromatic N) is 2. The summed E-state index contributed by atoms with van der Waals surface area (Å²) < 4.78 is 1.01. The Bertz CT molecular complexity index is 614. The topological polar surface area (TPSA) is 74.7 Å². The number of nitrogen functional groups attached to an aromatic ring is 1. The summed E-state index contributed by atoms with van der Waals surface area (Å²) in [7, 11) is 0. The number of aryl methyl sites for hydroxylation is 1. The molecule has 1 aromatic heterocycles. The second kappa shape index (κ2) is 5.17. The van der Waals surface area contributed by atoms with Crippen molar-refractivity contribution in [1.29, 1.82) is 5.26 Å². The Morgan fingerprint density at radius 2 is 2.00 bits per heavy atom. The van der Waals surface area contributed by atoms with Crippen molar-refractivity contribution in [3.8, 4) is 17.2 Å². The van der Waals surface area contributed by atoms with Gasteiger partial charge in [-0.2, -0.15) is 5.26 Å². The van der Waals surface area contributed by atoms with Gasteiger partial charge < -0.3 is 5.43 Å². The Morgan fingerprint density at radius 3 is 2.56 bits per heavy atom. The molecule has 2 rings (SSSR count). The number of hydrogen-bond acceptors (Lipinski definition) is 4. The van der Waals surface area contributed by atoms with Crippen molar-refractivity contribution in [3.05, 3.63) is 46.1 Å². The van der Waals surface area contributed by atoms with E-state index in [0.29, 0.717) is 11.4 Å². The third-order valence-corrected chi connectivity index (χ3v) is 3.15. The van der Waals surface area contributed by atoms with Gasteiger partial charge in [0.2, 0.25) is 0 Å². The predicted molar refractivity (Wildman–Crippen MR) is 74.6 cm³/mol. The van der Waals surface area contributed by atoms with Crippen LogP contribution in [-0.2, 0) is 0 Å². The molecule has 1 heterocycles. The fourth-order valence-electron chi connectivity index (χ4n) is 1.72. The number of hydrogen-bond donors (Lipinski definition) is 2. The first-order valence-corrected chi connectivity index (χ1v) is 6.09. The lowest BCUT2D eigenvalue weighted by Gasteiger charge is -2.09. The number of aromatic nitrogens is 1. The van der Waals surface area contributed by atoms with Crippen LogP contribution in [0, 0.1) is 18.3 Å². The van der Waals surface area contributed by atoms with Crippen LogP contribution in [0.4, 0.5) is 5.82 Å². The van der Waals surface area contributed by atoms with Gasteiger partial charge in [-0.05, 0) is 30.7 Å². The smallest absolute Gasteiger partial charge is 0.158 e. The highest BCUT2D eigenvalue weighted by atomic mass is 79.9. The van der Waals surface area contributed by atoms with E-state index in [4.69, 9.17) is 11.1 Å². The molecule has 0 saturated heterocycles. The van der Waals surface area contributed by atoms with Crippen LogP contribution in [0.2, 0.25) is 0 Å². The largest absolute Gasteiger partial charge is 0.307 e. The summed E-state index contributed by atoms with van der Waals surface area (Å²) in [5.41, 5.74) is 5.63. The van der Waals surface area contributed by atoms with Gasteiger partial charge in [0.25, 0.3) is 0 Å². The monoisotopic (exact) mass is 302 g/mol. The summed E-state index contributed by atoms with van der Waals surface area (Å²) in [6.45, 7) is 1.89. The molecule has 1 aromatic carbocycles. The first kappa shape index (κ1) is 12.6. The number of nitriles is 1. The van der Waals surface area contributed by atoms with Gasteiger partial charge in [-0.25, -0.2) is 10.8 Å². The van der Waals surface area contributed by atoms with Crippen LogP contribution in [0.25, 0.3) is 11.1 Å². The molecular weight excluding hydrogens is 292 g/mol. The molecule has 0 fully saturated rings.